The summed E-state index contributed by atoms with van der Waals surface area (Å²) < 4.78 is 1.91. The van der Waals surface area contributed by atoms with Gasteiger partial charge in [0.05, 0.1) is 0 Å². The quantitative estimate of drug-likeness (QED) is 0.475. The summed E-state index contributed by atoms with van der Waals surface area (Å²) in [4.78, 5) is 18.2. The molecule has 2 aliphatic rings. The Bertz CT molecular complexity index is 1270. The van der Waals surface area contributed by atoms with Gasteiger partial charge < -0.3 is 5.32 Å². The Balaban J connectivity index is 1.52. The predicted octanol–water partition coefficient (Wildman–Crippen LogP) is 6.15. The Morgan fingerprint density at radius 2 is 1.79 bits per heavy atom. The number of Topliss-reactive ketones (excluding diaryl/α,β-unsaturated/α-hetero) is 1. The highest BCUT2D eigenvalue weighted by Crippen LogP contribution is 2.45. The second-order valence-corrected chi connectivity index (χ2v) is 11.1. The standard InChI is InChI=1S/C27H30N4OS/c1-16-7-10-19(11-8-16)24-23-21(13-27(4,5)14-22(23)32)28-25-29-26(30-31(24)25)33-15-20-12-17(2)6-9-18(20)3/h6-12,24H,13-15H2,1-5H3,(H,28,29,30). The Hall–Kier alpha value is -2.86. The van der Waals surface area contributed by atoms with Crippen molar-refractivity contribution in [1.82, 2.24) is 14.8 Å². The molecule has 1 aliphatic heterocycles. The van der Waals surface area contributed by atoms with Gasteiger partial charge in [-0.15, -0.1) is 5.10 Å². The molecule has 0 amide bonds. The van der Waals surface area contributed by atoms with Crippen molar-refractivity contribution < 1.29 is 4.79 Å². The number of aromatic nitrogens is 3. The van der Waals surface area contributed by atoms with Gasteiger partial charge in [-0.1, -0.05) is 79.2 Å². The van der Waals surface area contributed by atoms with E-state index in [2.05, 4.69) is 82.4 Å². The van der Waals surface area contributed by atoms with E-state index in [1.807, 2.05) is 4.68 Å². The van der Waals surface area contributed by atoms with Crippen molar-refractivity contribution in [3.05, 3.63) is 81.6 Å². The highest BCUT2D eigenvalue weighted by Gasteiger charge is 2.41. The fraction of sp³-hybridized carbons (Fsp3) is 0.370. The number of nitrogens with one attached hydrogen (secondary N) is 1. The first-order chi connectivity index (χ1) is 15.7. The van der Waals surface area contributed by atoms with E-state index in [1.165, 1.54) is 22.3 Å². The number of hydrogen-bond acceptors (Lipinski definition) is 5. The molecule has 1 aromatic heterocycles. The van der Waals surface area contributed by atoms with Gasteiger partial charge in [0.1, 0.15) is 6.04 Å². The van der Waals surface area contributed by atoms with Crippen molar-refractivity contribution in [2.45, 2.75) is 64.4 Å². The molecule has 1 N–H and O–H groups in total. The van der Waals surface area contributed by atoms with Crippen LogP contribution >= 0.6 is 11.8 Å². The van der Waals surface area contributed by atoms with Crippen molar-refractivity contribution in [2.24, 2.45) is 5.41 Å². The van der Waals surface area contributed by atoms with Crippen LogP contribution in [0.1, 0.15) is 60.5 Å². The number of carbonyl (C=O) groups is 1. The number of carbonyl (C=O) groups excluding carboxylic acids is 1. The van der Waals surface area contributed by atoms with Crippen LogP contribution in [0.4, 0.5) is 5.95 Å². The summed E-state index contributed by atoms with van der Waals surface area (Å²) in [6.45, 7) is 10.6. The number of hydrogen-bond donors (Lipinski definition) is 1. The van der Waals surface area contributed by atoms with Crippen LogP contribution in [0.5, 0.6) is 0 Å². The van der Waals surface area contributed by atoms with Crippen molar-refractivity contribution in [3.8, 4) is 0 Å². The molecule has 2 aromatic carbocycles. The van der Waals surface area contributed by atoms with Gasteiger partial charge in [0.2, 0.25) is 11.1 Å². The molecule has 0 radical (unpaired) electrons. The number of benzene rings is 2. The first-order valence-electron chi connectivity index (χ1n) is 11.5. The van der Waals surface area contributed by atoms with Crippen molar-refractivity contribution in [1.29, 1.82) is 0 Å². The average Bonchev–Trinajstić information content (AvgIpc) is 3.15. The highest BCUT2D eigenvalue weighted by atomic mass is 32.2. The maximum Gasteiger partial charge on any atom is 0.227 e. The monoisotopic (exact) mass is 458 g/mol. The van der Waals surface area contributed by atoms with E-state index in [4.69, 9.17) is 10.1 Å². The second-order valence-electron chi connectivity index (χ2n) is 10.2. The van der Waals surface area contributed by atoms with Crippen molar-refractivity contribution >= 4 is 23.5 Å². The van der Waals surface area contributed by atoms with E-state index in [0.29, 0.717) is 12.4 Å². The van der Waals surface area contributed by atoms with Gasteiger partial charge in [0, 0.05) is 23.4 Å². The van der Waals surface area contributed by atoms with E-state index in [1.54, 1.807) is 11.8 Å². The summed E-state index contributed by atoms with van der Waals surface area (Å²) in [5, 5.41) is 9.07. The molecule has 1 atom stereocenters. The molecule has 1 unspecified atom stereocenters. The maximum atomic E-state index is 13.3. The highest BCUT2D eigenvalue weighted by molar-refractivity contribution is 7.98. The lowest BCUT2D eigenvalue weighted by Crippen LogP contribution is -2.36. The minimum atomic E-state index is -0.247. The van der Waals surface area contributed by atoms with Crippen molar-refractivity contribution in [2.75, 3.05) is 5.32 Å². The third kappa shape index (κ3) is 4.24. The average molecular weight is 459 g/mol. The molecule has 5 rings (SSSR count). The molecule has 0 spiro atoms. The van der Waals surface area contributed by atoms with Crippen LogP contribution in [0.2, 0.25) is 0 Å². The Labute approximate surface area is 199 Å². The zero-order chi connectivity index (χ0) is 23.3. The second kappa shape index (κ2) is 8.17. The number of rotatable bonds is 4. The van der Waals surface area contributed by atoms with Crippen LogP contribution in [0.3, 0.4) is 0 Å². The lowest BCUT2D eigenvalue weighted by atomic mass is 9.73. The predicted molar refractivity (Wildman–Crippen MR) is 133 cm³/mol. The largest absolute Gasteiger partial charge is 0.328 e. The van der Waals surface area contributed by atoms with Crippen molar-refractivity contribution in [3.63, 3.8) is 0 Å². The molecular formula is C27H30N4OS. The zero-order valence-corrected chi connectivity index (χ0v) is 20.7. The Kier molecular flexibility index (Phi) is 5.44. The van der Waals surface area contributed by atoms with Gasteiger partial charge in [0.15, 0.2) is 5.78 Å². The minimum absolute atomic E-state index is 0.0663. The SMILES string of the molecule is Cc1ccc(C2C3=C(CC(C)(C)CC3=O)Nc3nc(SCc4cc(C)ccc4C)nn32)cc1. The molecule has 3 aromatic rings. The van der Waals surface area contributed by atoms with Crippen LogP contribution in [-0.4, -0.2) is 20.5 Å². The lowest BCUT2D eigenvalue weighted by Gasteiger charge is -2.38. The number of ketones is 1. The number of allylic oxidation sites excluding steroid dienone is 2. The van der Waals surface area contributed by atoms with E-state index in [-0.39, 0.29) is 17.2 Å². The van der Waals surface area contributed by atoms with Gasteiger partial charge in [-0.2, -0.15) is 4.98 Å². The number of nitrogens with zero attached hydrogens (tertiary/aromatic N) is 3. The molecule has 2 heterocycles. The van der Waals surface area contributed by atoms with E-state index in [9.17, 15) is 4.79 Å². The van der Waals surface area contributed by atoms with E-state index in [0.717, 1.165) is 34.2 Å². The van der Waals surface area contributed by atoms with Crippen LogP contribution in [-0.2, 0) is 10.5 Å². The molecular weight excluding hydrogens is 428 g/mol. The zero-order valence-electron chi connectivity index (χ0n) is 19.9. The van der Waals surface area contributed by atoms with Crippen LogP contribution < -0.4 is 5.32 Å². The Morgan fingerprint density at radius 3 is 2.55 bits per heavy atom. The fourth-order valence-electron chi connectivity index (χ4n) is 4.81. The molecule has 0 saturated heterocycles. The van der Waals surface area contributed by atoms with Gasteiger partial charge >= 0.3 is 0 Å². The first kappa shape index (κ1) is 22.0. The maximum absolute atomic E-state index is 13.3. The van der Waals surface area contributed by atoms with E-state index < -0.39 is 0 Å². The number of aryl methyl sites for hydroxylation is 3. The third-order valence-electron chi connectivity index (χ3n) is 6.57. The summed E-state index contributed by atoms with van der Waals surface area (Å²) >= 11 is 1.64. The normalized spacial score (nSPS) is 19.2. The summed E-state index contributed by atoms with van der Waals surface area (Å²) in [6.07, 6.45) is 1.38. The molecule has 1 aliphatic carbocycles. The number of fused-ring (bicyclic) bond motifs is 1. The first-order valence-corrected chi connectivity index (χ1v) is 12.4. The molecule has 170 valence electrons. The number of thioether (sulfide) groups is 1. The van der Waals surface area contributed by atoms with Gasteiger partial charge in [0.25, 0.3) is 0 Å². The third-order valence-corrected chi connectivity index (χ3v) is 7.45. The molecule has 5 nitrogen and oxygen atoms in total. The van der Waals surface area contributed by atoms with Crippen LogP contribution in [0, 0.1) is 26.2 Å². The molecule has 33 heavy (non-hydrogen) atoms. The summed E-state index contributed by atoms with van der Waals surface area (Å²) in [5.74, 6) is 1.73. The minimum Gasteiger partial charge on any atom is -0.328 e. The Morgan fingerprint density at radius 1 is 1.06 bits per heavy atom. The van der Waals surface area contributed by atoms with Crippen LogP contribution in [0.15, 0.2) is 58.9 Å². The molecule has 0 saturated carbocycles. The van der Waals surface area contributed by atoms with E-state index >= 15 is 0 Å². The van der Waals surface area contributed by atoms with Gasteiger partial charge in [-0.25, -0.2) is 4.68 Å². The topological polar surface area (TPSA) is 59.8 Å². The van der Waals surface area contributed by atoms with Gasteiger partial charge in [-0.05, 0) is 49.3 Å². The van der Waals surface area contributed by atoms with Gasteiger partial charge in [-0.3, -0.25) is 4.79 Å². The molecule has 6 heteroatoms. The molecule has 0 bridgehead atoms. The number of anilines is 1. The summed E-state index contributed by atoms with van der Waals surface area (Å²) in [5.41, 5.74) is 7.86. The van der Waals surface area contributed by atoms with Crippen LogP contribution in [0.25, 0.3) is 0 Å². The smallest absolute Gasteiger partial charge is 0.227 e. The summed E-state index contributed by atoms with van der Waals surface area (Å²) in [7, 11) is 0. The molecule has 0 fully saturated rings. The fourth-order valence-corrected chi connectivity index (χ4v) is 5.70. The summed E-state index contributed by atoms with van der Waals surface area (Å²) in [6, 6.07) is 14.7. The lowest BCUT2D eigenvalue weighted by molar-refractivity contribution is -0.118.